The Kier molecular flexibility index (Phi) is 3.42. The Labute approximate surface area is 96.8 Å². The van der Waals surface area contributed by atoms with E-state index in [4.69, 9.17) is 0 Å². The maximum atomic E-state index is 12.3. The van der Waals surface area contributed by atoms with Gasteiger partial charge in [0.2, 0.25) is 0 Å². The van der Waals surface area contributed by atoms with Crippen LogP contribution in [0.1, 0.15) is 55.1 Å². The van der Waals surface area contributed by atoms with Gasteiger partial charge in [0.05, 0.1) is 11.3 Å². The average molecular weight is 220 g/mol. The van der Waals surface area contributed by atoms with E-state index in [2.05, 4.69) is 12.0 Å². The van der Waals surface area contributed by atoms with Crippen LogP contribution in [0.25, 0.3) is 0 Å². The summed E-state index contributed by atoms with van der Waals surface area (Å²) in [6.45, 7) is 2.06. The van der Waals surface area contributed by atoms with Gasteiger partial charge in [0.25, 0.3) is 0 Å². The number of hydrogen-bond donors (Lipinski definition) is 0. The molecule has 1 aliphatic rings. The first kappa shape index (κ1) is 11.4. The monoisotopic (exact) mass is 220 g/mol. The summed E-state index contributed by atoms with van der Waals surface area (Å²) in [7, 11) is 1.89. The van der Waals surface area contributed by atoms with Gasteiger partial charge in [-0.3, -0.25) is 9.48 Å². The fourth-order valence-electron chi connectivity index (χ4n) is 2.59. The molecule has 1 aromatic rings. The highest BCUT2D eigenvalue weighted by Crippen LogP contribution is 2.27. The molecule has 1 saturated carbocycles. The number of carbonyl (C=O) groups excluding carboxylic acids is 1. The second-order valence-electron chi connectivity index (χ2n) is 4.72. The van der Waals surface area contributed by atoms with Gasteiger partial charge in [-0.15, -0.1) is 0 Å². The zero-order valence-corrected chi connectivity index (χ0v) is 10.2. The molecule has 0 spiro atoms. The third-order valence-corrected chi connectivity index (χ3v) is 3.48. The van der Waals surface area contributed by atoms with E-state index in [-0.39, 0.29) is 5.92 Å². The van der Waals surface area contributed by atoms with E-state index in [1.54, 1.807) is 4.68 Å². The fraction of sp³-hybridized carbons (Fsp3) is 0.692. The summed E-state index contributed by atoms with van der Waals surface area (Å²) < 4.78 is 1.76. The Bertz CT molecular complexity index is 375. The molecule has 0 aliphatic heterocycles. The summed E-state index contributed by atoms with van der Waals surface area (Å²) in [6.07, 6.45) is 8.56. The highest BCUT2D eigenvalue weighted by Gasteiger charge is 2.25. The molecule has 0 unspecified atom stereocenters. The van der Waals surface area contributed by atoms with Crippen molar-refractivity contribution >= 4 is 5.78 Å². The second-order valence-corrected chi connectivity index (χ2v) is 4.72. The molecule has 1 aromatic heterocycles. The quantitative estimate of drug-likeness (QED) is 0.734. The van der Waals surface area contributed by atoms with Crippen LogP contribution in [0.2, 0.25) is 0 Å². The van der Waals surface area contributed by atoms with Crippen molar-refractivity contribution in [2.24, 2.45) is 13.0 Å². The predicted octanol–water partition coefficient (Wildman–Crippen LogP) is 2.75. The van der Waals surface area contributed by atoms with Crippen LogP contribution in [0.5, 0.6) is 0 Å². The number of rotatable bonds is 3. The van der Waals surface area contributed by atoms with Crippen LogP contribution in [-0.4, -0.2) is 15.6 Å². The lowest BCUT2D eigenvalue weighted by atomic mass is 9.84. The SMILES string of the molecule is CCc1nn(C)cc1C(=O)C1CCCCC1. The molecule has 0 N–H and O–H groups in total. The maximum absolute atomic E-state index is 12.3. The zero-order valence-electron chi connectivity index (χ0n) is 10.2. The molecule has 0 radical (unpaired) electrons. The second kappa shape index (κ2) is 4.81. The van der Waals surface area contributed by atoms with Crippen molar-refractivity contribution < 1.29 is 4.79 Å². The van der Waals surface area contributed by atoms with E-state index in [0.717, 1.165) is 30.5 Å². The van der Waals surface area contributed by atoms with Crippen molar-refractivity contribution in [3.8, 4) is 0 Å². The molecule has 1 aliphatic carbocycles. The molecule has 88 valence electrons. The van der Waals surface area contributed by atoms with Gasteiger partial charge in [0.15, 0.2) is 5.78 Å². The van der Waals surface area contributed by atoms with Gasteiger partial charge in [-0.2, -0.15) is 5.10 Å². The molecular formula is C13H20N2O. The topological polar surface area (TPSA) is 34.9 Å². The van der Waals surface area contributed by atoms with Crippen LogP contribution in [0.15, 0.2) is 6.20 Å². The smallest absolute Gasteiger partial charge is 0.169 e. The molecule has 0 saturated heterocycles. The Morgan fingerprint density at radius 1 is 1.44 bits per heavy atom. The van der Waals surface area contributed by atoms with Crippen molar-refractivity contribution in [3.05, 3.63) is 17.5 Å². The van der Waals surface area contributed by atoms with E-state index in [9.17, 15) is 4.79 Å². The fourth-order valence-corrected chi connectivity index (χ4v) is 2.59. The summed E-state index contributed by atoms with van der Waals surface area (Å²) in [5.41, 5.74) is 1.81. The van der Waals surface area contributed by atoms with E-state index < -0.39 is 0 Å². The Balaban J connectivity index is 2.18. The summed E-state index contributed by atoms with van der Waals surface area (Å²) in [5.74, 6) is 0.577. The minimum Gasteiger partial charge on any atom is -0.294 e. The summed E-state index contributed by atoms with van der Waals surface area (Å²) in [6, 6.07) is 0. The van der Waals surface area contributed by atoms with Crippen molar-refractivity contribution in [2.45, 2.75) is 45.4 Å². The Morgan fingerprint density at radius 3 is 2.75 bits per heavy atom. The number of aromatic nitrogens is 2. The molecule has 0 aromatic carbocycles. The van der Waals surface area contributed by atoms with Crippen LogP contribution in [0.4, 0.5) is 0 Å². The normalized spacial score (nSPS) is 17.6. The third-order valence-electron chi connectivity index (χ3n) is 3.48. The summed E-state index contributed by atoms with van der Waals surface area (Å²) in [4.78, 5) is 12.3. The van der Waals surface area contributed by atoms with Crippen LogP contribution in [-0.2, 0) is 13.5 Å². The predicted molar refractivity (Wildman–Crippen MR) is 63.5 cm³/mol. The van der Waals surface area contributed by atoms with Gasteiger partial charge < -0.3 is 0 Å². The summed E-state index contributed by atoms with van der Waals surface area (Å²) in [5, 5.41) is 4.34. The van der Waals surface area contributed by atoms with Crippen LogP contribution >= 0.6 is 0 Å². The lowest BCUT2D eigenvalue weighted by molar-refractivity contribution is 0.0888. The van der Waals surface area contributed by atoms with Gasteiger partial charge in [-0.25, -0.2) is 0 Å². The van der Waals surface area contributed by atoms with E-state index in [1.165, 1.54) is 19.3 Å². The number of ketones is 1. The molecule has 0 atom stereocenters. The number of carbonyl (C=O) groups is 1. The summed E-state index contributed by atoms with van der Waals surface area (Å²) >= 11 is 0. The first-order valence-corrected chi connectivity index (χ1v) is 6.29. The van der Waals surface area contributed by atoms with Gasteiger partial charge >= 0.3 is 0 Å². The van der Waals surface area contributed by atoms with Crippen molar-refractivity contribution in [2.75, 3.05) is 0 Å². The van der Waals surface area contributed by atoms with Gasteiger partial charge in [0.1, 0.15) is 0 Å². The molecule has 3 nitrogen and oxygen atoms in total. The molecule has 2 rings (SSSR count). The number of Topliss-reactive ketones (excluding diaryl/α,β-unsaturated/α-hetero) is 1. The molecule has 16 heavy (non-hydrogen) atoms. The van der Waals surface area contributed by atoms with Crippen molar-refractivity contribution in [1.29, 1.82) is 0 Å². The maximum Gasteiger partial charge on any atom is 0.169 e. The lowest BCUT2D eigenvalue weighted by Gasteiger charge is -2.19. The van der Waals surface area contributed by atoms with E-state index >= 15 is 0 Å². The Morgan fingerprint density at radius 2 is 2.12 bits per heavy atom. The minimum absolute atomic E-state index is 0.253. The first-order chi connectivity index (χ1) is 7.72. The molecule has 1 fully saturated rings. The van der Waals surface area contributed by atoms with Crippen LogP contribution in [0, 0.1) is 5.92 Å². The van der Waals surface area contributed by atoms with Gasteiger partial charge in [-0.1, -0.05) is 26.2 Å². The number of aryl methyl sites for hydroxylation is 2. The standard InChI is InChI=1S/C13H20N2O/c1-3-12-11(9-15(2)14-12)13(16)10-7-5-4-6-8-10/h9-10H,3-8H2,1-2H3. The minimum atomic E-state index is 0.253. The zero-order chi connectivity index (χ0) is 11.5. The van der Waals surface area contributed by atoms with Gasteiger partial charge in [-0.05, 0) is 19.3 Å². The Hall–Kier alpha value is -1.12. The molecule has 1 heterocycles. The highest BCUT2D eigenvalue weighted by molar-refractivity contribution is 5.98. The third kappa shape index (κ3) is 2.18. The first-order valence-electron chi connectivity index (χ1n) is 6.29. The van der Waals surface area contributed by atoms with Crippen molar-refractivity contribution in [1.82, 2.24) is 9.78 Å². The van der Waals surface area contributed by atoms with Crippen LogP contribution in [0.3, 0.4) is 0 Å². The van der Waals surface area contributed by atoms with Crippen molar-refractivity contribution in [3.63, 3.8) is 0 Å². The average Bonchev–Trinajstić information content (AvgIpc) is 2.70. The van der Waals surface area contributed by atoms with E-state index in [1.807, 2.05) is 13.2 Å². The van der Waals surface area contributed by atoms with Crippen LogP contribution < -0.4 is 0 Å². The van der Waals surface area contributed by atoms with E-state index in [0.29, 0.717) is 5.78 Å². The highest BCUT2D eigenvalue weighted by atomic mass is 16.1. The molecule has 0 bridgehead atoms. The largest absolute Gasteiger partial charge is 0.294 e. The molecule has 0 amide bonds. The van der Waals surface area contributed by atoms with Gasteiger partial charge in [0, 0.05) is 19.2 Å². The molecule has 3 heteroatoms. The molecular weight excluding hydrogens is 200 g/mol. The lowest BCUT2D eigenvalue weighted by Crippen LogP contribution is -2.18. The number of hydrogen-bond acceptors (Lipinski definition) is 2. The number of nitrogens with zero attached hydrogens (tertiary/aromatic N) is 2.